The van der Waals surface area contributed by atoms with E-state index in [2.05, 4.69) is 6.92 Å². The summed E-state index contributed by atoms with van der Waals surface area (Å²) in [5.74, 6) is 0.401. The Bertz CT molecular complexity index is 211. The predicted molar refractivity (Wildman–Crippen MR) is 51.8 cm³/mol. The molecule has 0 bridgehead atoms. The van der Waals surface area contributed by atoms with Crippen molar-refractivity contribution >= 4 is 9.84 Å². The topological polar surface area (TPSA) is 60.2 Å². The van der Waals surface area contributed by atoms with E-state index in [4.69, 9.17) is 5.73 Å². The van der Waals surface area contributed by atoms with Crippen LogP contribution >= 0.6 is 0 Å². The molecule has 3 nitrogen and oxygen atoms in total. The van der Waals surface area contributed by atoms with Crippen LogP contribution in [0.3, 0.4) is 0 Å². The summed E-state index contributed by atoms with van der Waals surface area (Å²) in [5.41, 5.74) is 5.71. The van der Waals surface area contributed by atoms with Crippen molar-refractivity contribution in [3.63, 3.8) is 0 Å². The minimum absolute atomic E-state index is 0.105. The number of hydrogen-bond acceptors (Lipinski definition) is 3. The molecule has 0 aliphatic heterocycles. The van der Waals surface area contributed by atoms with Gasteiger partial charge in [-0.2, -0.15) is 0 Å². The van der Waals surface area contributed by atoms with E-state index in [0.717, 1.165) is 12.8 Å². The Morgan fingerprint density at radius 1 is 1.42 bits per heavy atom. The molecule has 0 spiro atoms. The Labute approximate surface area is 75.3 Å². The quantitative estimate of drug-likeness (QED) is 0.702. The third-order valence-corrected chi connectivity index (χ3v) is 2.96. The van der Waals surface area contributed by atoms with Gasteiger partial charge in [0, 0.05) is 12.3 Å². The molecule has 0 rings (SSSR count). The van der Waals surface area contributed by atoms with Crippen molar-refractivity contribution < 1.29 is 8.42 Å². The first-order chi connectivity index (χ1) is 5.37. The van der Waals surface area contributed by atoms with Gasteiger partial charge in [0.25, 0.3) is 0 Å². The zero-order valence-corrected chi connectivity index (χ0v) is 8.89. The van der Waals surface area contributed by atoms with E-state index in [0.29, 0.717) is 5.92 Å². The molecule has 0 saturated heterocycles. The molecule has 0 aliphatic carbocycles. The van der Waals surface area contributed by atoms with E-state index < -0.39 is 9.84 Å². The first kappa shape index (κ1) is 11.9. The average molecular weight is 193 g/mol. The smallest absolute Gasteiger partial charge is 0.148 e. The second kappa shape index (κ2) is 4.82. The lowest BCUT2D eigenvalue weighted by Gasteiger charge is -2.17. The van der Waals surface area contributed by atoms with Gasteiger partial charge in [-0.15, -0.1) is 0 Å². The van der Waals surface area contributed by atoms with Crippen LogP contribution < -0.4 is 5.73 Å². The van der Waals surface area contributed by atoms with Crippen molar-refractivity contribution in [1.82, 2.24) is 0 Å². The van der Waals surface area contributed by atoms with E-state index in [1.165, 1.54) is 6.26 Å². The summed E-state index contributed by atoms with van der Waals surface area (Å²) in [4.78, 5) is 0. The normalized spacial score (nSPS) is 17.3. The number of nitrogens with two attached hydrogens (primary N) is 1. The molecule has 0 aromatic carbocycles. The van der Waals surface area contributed by atoms with Crippen LogP contribution in [-0.2, 0) is 9.84 Å². The summed E-state index contributed by atoms with van der Waals surface area (Å²) >= 11 is 0. The molecule has 0 aromatic heterocycles. The molecular formula is C8H19NO2S. The molecule has 0 radical (unpaired) electrons. The molecule has 0 aromatic rings. The fraction of sp³-hybridized carbons (Fsp3) is 1.00. The summed E-state index contributed by atoms with van der Waals surface area (Å²) in [6, 6.07) is -0.208. The first-order valence-electron chi connectivity index (χ1n) is 4.30. The minimum atomic E-state index is -2.91. The molecule has 12 heavy (non-hydrogen) atoms. The van der Waals surface area contributed by atoms with Crippen LogP contribution in [0.1, 0.15) is 26.7 Å². The third-order valence-electron chi connectivity index (χ3n) is 1.97. The lowest BCUT2D eigenvalue weighted by Crippen LogP contribution is -2.35. The Morgan fingerprint density at radius 3 is 2.25 bits per heavy atom. The van der Waals surface area contributed by atoms with Crippen molar-refractivity contribution in [3.8, 4) is 0 Å². The second-order valence-corrected chi connectivity index (χ2v) is 5.71. The van der Waals surface area contributed by atoms with Gasteiger partial charge < -0.3 is 5.73 Å². The zero-order chi connectivity index (χ0) is 9.78. The second-order valence-electron chi connectivity index (χ2n) is 3.52. The van der Waals surface area contributed by atoms with E-state index in [1.54, 1.807) is 0 Å². The van der Waals surface area contributed by atoms with Gasteiger partial charge in [-0.1, -0.05) is 20.3 Å². The SMILES string of the molecule is CCCC(C)C(N)CS(C)(=O)=O. The van der Waals surface area contributed by atoms with Crippen LogP contribution in [0, 0.1) is 5.92 Å². The maximum absolute atomic E-state index is 10.9. The fourth-order valence-corrected chi connectivity index (χ4v) is 2.21. The summed E-state index contributed by atoms with van der Waals surface area (Å²) < 4.78 is 21.7. The molecule has 2 N–H and O–H groups in total. The Hall–Kier alpha value is -0.0900. The summed E-state index contributed by atoms with van der Waals surface area (Å²) in [6.07, 6.45) is 3.28. The highest BCUT2D eigenvalue weighted by Gasteiger charge is 2.16. The van der Waals surface area contributed by atoms with E-state index in [9.17, 15) is 8.42 Å². The van der Waals surface area contributed by atoms with Gasteiger partial charge in [0.15, 0.2) is 0 Å². The molecule has 2 atom stereocenters. The molecule has 4 heteroatoms. The first-order valence-corrected chi connectivity index (χ1v) is 6.36. The van der Waals surface area contributed by atoms with Gasteiger partial charge in [-0.05, 0) is 12.3 Å². The maximum Gasteiger partial charge on any atom is 0.148 e. The van der Waals surface area contributed by atoms with Crippen LogP contribution in [-0.4, -0.2) is 26.5 Å². The maximum atomic E-state index is 10.9. The molecule has 2 unspecified atom stereocenters. The highest BCUT2D eigenvalue weighted by atomic mass is 32.2. The molecule has 0 fully saturated rings. The number of hydrogen-bond donors (Lipinski definition) is 1. The minimum Gasteiger partial charge on any atom is -0.327 e. The molecular weight excluding hydrogens is 174 g/mol. The van der Waals surface area contributed by atoms with Crippen molar-refractivity contribution in [2.45, 2.75) is 32.7 Å². The molecule has 0 heterocycles. The molecule has 0 aliphatic rings. The standard InChI is InChI=1S/C8H19NO2S/c1-4-5-7(2)8(9)6-12(3,10)11/h7-8H,4-6,9H2,1-3H3. The predicted octanol–water partition coefficient (Wildman–Crippen LogP) is 0.795. The average Bonchev–Trinajstić information content (AvgIpc) is 1.84. The van der Waals surface area contributed by atoms with Crippen LogP contribution in [0.5, 0.6) is 0 Å². The van der Waals surface area contributed by atoms with Gasteiger partial charge in [-0.25, -0.2) is 8.42 Å². The van der Waals surface area contributed by atoms with Gasteiger partial charge in [0.1, 0.15) is 9.84 Å². The summed E-state index contributed by atoms with van der Waals surface area (Å²) in [6.45, 7) is 4.07. The molecule has 0 saturated carbocycles. The van der Waals surface area contributed by atoms with Crippen molar-refractivity contribution in [3.05, 3.63) is 0 Å². The van der Waals surface area contributed by atoms with Crippen molar-refractivity contribution in [2.75, 3.05) is 12.0 Å². The monoisotopic (exact) mass is 193 g/mol. The molecule has 0 amide bonds. The third kappa shape index (κ3) is 5.55. The van der Waals surface area contributed by atoms with E-state index >= 15 is 0 Å². The van der Waals surface area contributed by atoms with Gasteiger partial charge in [0.05, 0.1) is 5.75 Å². The lowest BCUT2D eigenvalue weighted by molar-refractivity contribution is 0.444. The van der Waals surface area contributed by atoms with Crippen LogP contribution in [0.2, 0.25) is 0 Å². The van der Waals surface area contributed by atoms with E-state index in [-0.39, 0.29) is 11.8 Å². The van der Waals surface area contributed by atoms with Gasteiger partial charge in [0.2, 0.25) is 0 Å². The van der Waals surface area contributed by atoms with Crippen LogP contribution in [0.15, 0.2) is 0 Å². The Balaban J connectivity index is 3.95. The number of rotatable bonds is 5. The van der Waals surface area contributed by atoms with Gasteiger partial charge >= 0.3 is 0 Å². The molecule has 74 valence electrons. The largest absolute Gasteiger partial charge is 0.327 e. The number of sulfone groups is 1. The fourth-order valence-electron chi connectivity index (χ4n) is 1.18. The van der Waals surface area contributed by atoms with E-state index in [1.807, 2.05) is 6.92 Å². The summed E-state index contributed by atoms with van der Waals surface area (Å²) in [5, 5.41) is 0. The van der Waals surface area contributed by atoms with Crippen molar-refractivity contribution in [2.24, 2.45) is 11.7 Å². The van der Waals surface area contributed by atoms with Gasteiger partial charge in [-0.3, -0.25) is 0 Å². The Morgan fingerprint density at radius 2 is 1.92 bits per heavy atom. The highest BCUT2D eigenvalue weighted by molar-refractivity contribution is 7.90. The summed E-state index contributed by atoms with van der Waals surface area (Å²) in [7, 11) is -2.91. The Kier molecular flexibility index (Phi) is 4.78. The lowest BCUT2D eigenvalue weighted by atomic mass is 9.99. The zero-order valence-electron chi connectivity index (χ0n) is 8.08. The van der Waals surface area contributed by atoms with Crippen LogP contribution in [0.4, 0.5) is 0 Å². The van der Waals surface area contributed by atoms with Crippen molar-refractivity contribution in [1.29, 1.82) is 0 Å². The highest BCUT2D eigenvalue weighted by Crippen LogP contribution is 2.09. The van der Waals surface area contributed by atoms with Crippen LogP contribution in [0.25, 0.3) is 0 Å².